The largest absolute Gasteiger partial charge is 0.311 e. The number of rotatable bonds is 8. The van der Waals surface area contributed by atoms with Gasteiger partial charge in [0.15, 0.2) is 0 Å². The minimum atomic E-state index is -0.876. The number of halogens is 3. The molecular weight excluding hydrogens is 503 g/mol. The third kappa shape index (κ3) is 4.94. The van der Waals surface area contributed by atoms with Crippen LogP contribution in [0.25, 0.3) is 0 Å². The lowest BCUT2D eigenvalue weighted by atomic mass is 9.90. The SMILES string of the molecule is Cl.N=CC(SC(C=N)(c1ccccc1)c1ccc(Cl)cc1)(c1ccccc1)c1ccc(Cl)cc1. The summed E-state index contributed by atoms with van der Waals surface area (Å²) in [6.45, 7) is 0. The molecule has 0 spiro atoms. The van der Waals surface area contributed by atoms with Gasteiger partial charge in [0.25, 0.3) is 0 Å². The fraction of sp³-hybridized carbons (Fsp3) is 0.0714. The summed E-state index contributed by atoms with van der Waals surface area (Å²) in [5.74, 6) is 0. The van der Waals surface area contributed by atoms with E-state index in [0.29, 0.717) is 10.0 Å². The van der Waals surface area contributed by atoms with E-state index in [1.165, 1.54) is 24.2 Å². The van der Waals surface area contributed by atoms with Crippen LogP contribution in [-0.2, 0) is 9.49 Å². The van der Waals surface area contributed by atoms with E-state index in [1.54, 1.807) is 0 Å². The zero-order chi connectivity index (χ0) is 23.3. The fourth-order valence-corrected chi connectivity index (χ4v) is 5.88. The fourth-order valence-electron chi connectivity index (χ4n) is 3.98. The summed E-state index contributed by atoms with van der Waals surface area (Å²) in [7, 11) is 0. The van der Waals surface area contributed by atoms with Crippen molar-refractivity contribution in [3.63, 3.8) is 0 Å². The highest BCUT2D eigenvalue weighted by Crippen LogP contribution is 2.54. The molecular formula is C28H23Cl3N2S. The maximum atomic E-state index is 8.68. The third-order valence-electron chi connectivity index (χ3n) is 5.68. The van der Waals surface area contributed by atoms with Crippen molar-refractivity contribution in [1.29, 1.82) is 10.8 Å². The van der Waals surface area contributed by atoms with E-state index in [1.807, 2.05) is 109 Å². The lowest BCUT2D eigenvalue weighted by Crippen LogP contribution is -2.36. The highest BCUT2D eigenvalue weighted by atomic mass is 35.5. The molecule has 2 atom stereocenters. The standard InChI is InChI=1S/C28H22Cl2N2S.ClH/c29-25-15-11-23(12-16-25)27(19-31,21-7-3-1-4-8-21)33-28(20-32,22-9-5-2-6-10-22)24-13-17-26(30)18-14-24;/h1-20,31-32H;1H. The second-order valence-electron chi connectivity index (χ2n) is 7.61. The van der Waals surface area contributed by atoms with E-state index in [0.717, 1.165) is 22.3 Å². The third-order valence-corrected chi connectivity index (χ3v) is 8.01. The van der Waals surface area contributed by atoms with Gasteiger partial charge in [-0.05, 0) is 46.5 Å². The van der Waals surface area contributed by atoms with Gasteiger partial charge >= 0.3 is 0 Å². The van der Waals surface area contributed by atoms with Crippen molar-refractivity contribution < 1.29 is 0 Å². The lowest BCUT2D eigenvalue weighted by Gasteiger charge is -2.40. The van der Waals surface area contributed by atoms with Gasteiger partial charge in [0.05, 0.1) is 0 Å². The zero-order valence-electron chi connectivity index (χ0n) is 18.1. The minimum Gasteiger partial charge on any atom is -0.311 e. The monoisotopic (exact) mass is 524 g/mol. The van der Waals surface area contributed by atoms with Crippen LogP contribution in [0.15, 0.2) is 109 Å². The van der Waals surface area contributed by atoms with Crippen molar-refractivity contribution in [1.82, 2.24) is 0 Å². The predicted molar refractivity (Wildman–Crippen MR) is 150 cm³/mol. The normalized spacial score (nSPS) is 14.2. The molecule has 6 heteroatoms. The molecule has 2 nitrogen and oxygen atoms in total. The summed E-state index contributed by atoms with van der Waals surface area (Å²) in [5.41, 5.74) is 3.72. The Labute approximate surface area is 220 Å². The molecule has 0 aliphatic rings. The molecule has 0 saturated heterocycles. The molecule has 0 amide bonds. The molecule has 2 unspecified atom stereocenters. The van der Waals surface area contributed by atoms with Gasteiger partial charge in [0.1, 0.15) is 9.49 Å². The van der Waals surface area contributed by atoms with Crippen LogP contribution in [0.1, 0.15) is 22.3 Å². The average Bonchev–Trinajstić information content (AvgIpc) is 2.88. The first-order chi connectivity index (χ1) is 16.0. The summed E-state index contributed by atoms with van der Waals surface area (Å²) >= 11 is 13.9. The van der Waals surface area contributed by atoms with Gasteiger partial charge in [-0.15, -0.1) is 24.2 Å². The molecule has 4 rings (SSSR count). The minimum absolute atomic E-state index is 0. The van der Waals surface area contributed by atoms with Gasteiger partial charge in [-0.3, -0.25) is 0 Å². The van der Waals surface area contributed by atoms with E-state index < -0.39 is 9.49 Å². The lowest BCUT2D eigenvalue weighted by molar-refractivity contribution is 0.943. The van der Waals surface area contributed by atoms with Gasteiger partial charge in [0.2, 0.25) is 0 Å². The smallest absolute Gasteiger partial charge is 0.102 e. The Morgan fingerprint density at radius 1 is 0.500 bits per heavy atom. The highest BCUT2D eigenvalue weighted by molar-refractivity contribution is 8.02. The van der Waals surface area contributed by atoms with Crippen LogP contribution in [0.3, 0.4) is 0 Å². The number of hydrogen-bond donors (Lipinski definition) is 2. The maximum absolute atomic E-state index is 8.68. The Bertz CT molecular complexity index is 1130. The first kappa shape index (κ1) is 26.1. The van der Waals surface area contributed by atoms with E-state index >= 15 is 0 Å². The Morgan fingerprint density at radius 2 is 0.794 bits per heavy atom. The summed E-state index contributed by atoms with van der Waals surface area (Å²) in [5, 5.41) is 18.6. The molecule has 0 aliphatic carbocycles. The van der Waals surface area contributed by atoms with Gasteiger partial charge in [-0.1, -0.05) is 108 Å². The van der Waals surface area contributed by atoms with Gasteiger partial charge in [-0.25, -0.2) is 0 Å². The Morgan fingerprint density at radius 3 is 1.09 bits per heavy atom. The quantitative estimate of drug-likeness (QED) is 0.222. The van der Waals surface area contributed by atoms with Crippen molar-refractivity contribution >= 4 is 59.8 Å². The molecule has 0 radical (unpaired) electrons. The molecule has 0 heterocycles. The molecule has 2 N–H and O–H groups in total. The van der Waals surface area contributed by atoms with Crippen LogP contribution in [0.2, 0.25) is 10.0 Å². The van der Waals surface area contributed by atoms with Crippen LogP contribution in [0.5, 0.6) is 0 Å². The summed E-state index contributed by atoms with van der Waals surface area (Å²) < 4.78 is -1.75. The van der Waals surface area contributed by atoms with Gasteiger partial charge in [0, 0.05) is 22.5 Å². The van der Waals surface area contributed by atoms with Crippen LogP contribution < -0.4 is 0 Å². The maximum Gasteiger partial charge on any atom is 0.102 e. The first-order valence-electron chi connectivity index (χ1n) is 10.4. The van der Waals surface area contributed by atoms with Crippen LogP contribution in [-0.4, -0.2) is 12.4 Å². The zero-order valence-corrected chi connectivity index (χ0v) is 21.3. The van der Waals surface area contributed by atoms with Crippen LogP contribution in [0.4, 0.5) is 0 Å². The highest BCUT2D eigenvalue weighted by Gasteiger charge is 2.44. The molecule has 0 bridgehead atoms. The van der Waals surface area contributed by atoms with Crippen LogP contribution >= 0.6 is 47.4 Å². The Kier molecular flexibility index (Phi) is 8.62. The summed E-state index contributed by atoms with van der Waals surface area (Å²) in [6, 6.07) is 35.1. The molecule has 172 valence electrons. The molecule has 4 aromatic rings. The van der Waals surface area contributed by atoms with Crippen molar-refractivity contribution in [3.8, 4) is 0 Å². The van der Waals surface area contributed by atoms with Crippen molar-refractivity contribution in [2.75, 3.05) is 0 Å². The van der Waals surface area contributed by atoms with Crippen molar-refractivity contribution in [3.05, 3.63) is 141 Å². The predicted octanol–water partition coefficient (Wildman–Crippen LogP) is 8.63. The van der Waals surface area contributed by atoms with E-state index in [2.05, 4.69) is 0 Å². The number of benzene rings is 4. The van der Waals surface area contributed by atoms with Crippen molar-refractivity contribution in [2.24, 2.45) is 0 Å². The topological polar surface area (TPSA) is 47.7 Å². The van der Waals surface area contributed by atoms with Crippen molar-refractivity contribution in [2.45, 2.75) is 9.49 Å². The second-order valence-corrected chi connectivity index (χ2v) is 9.97. The Hall–Kier alpha value is -2.56. The average molecular weight is 526 g/mol. The molecule has 0 aliphatic heterocycles. The summed E-state index contributed by atoms with van der Waals surface area (Å²) in [4.78, 5) is 0. The van der Waals surface area contributed by atoms with E-state index in [-0.39, 0.29) is 12.4 Å². The summed E-state index contributed by atoms with van der Waals surface area (Å²) in [6.07, 6.45) is 2.93. The van der Waals surface area contributed by atoms with Gasteiger partial charge < -0.3 is 10.8 Å². The van der Waals surface area contributed by atoms with Gasteiger partial charge in [-0.2, -0.15) is 0 Å². The van der Waals surface area contributed by atoms with Crippen LogP contribution in [0, 0.1) is 10.8 Å². The molecule has 0 aromatic heterocycles. The Balaban J connectivity index is 0.00000324. The molecule has 34 heavy (non-hydrogen) atoms. The number of thioether (sulfide) groups is 1. The number of nitrogens with one attached hydrogen (secondary N) is 2. The van der Waals surface area contributed by atoms with E-state index in [4.69, 9.17) is 34.0 Å². The molecule has 4 aromatic carbocycles. The number of hydrogen-bond acceptors (Lipinski definition) is 3. The molecule has 0 saturated carbocycles. The molecule has 0 fully saturated rings. The first-order valence-corrected chi connectivity index (χ1v) is 12.0. The second kappa shape index (κ2) is 11.2. The van der Waals surface area contributed by atoms with E-state index in [9.17, 15) is 0 Å².